The maximum Gasteiger partial charge on any atom is 0.210 e. The number of halogens is 1. The van der Waals surface area contributed by atoms with Crippen molar-refractivity contribution in [2.45, 2.75) is 17.3 Å². The minimum Gasteiger partial charge on any atom is -0.497 e. The molecule has 5 nitrogen and oxygen atoms in total. The lowest BCUT2D eigenvalue weighted by atomic mass is 10.2. The predicted molar refractivity (Wildman–Crippen MR) is 92.8 cm³/mol. The van der Waals surface area contributed by atoms with Gasteiger partial charge in [0.15, 0.2) is 5.82 Å². The molecule has 1 heterocycles. The zero-order chi connectivity index (χ0) is 17.1. The van der Waals surface area contributed by atoms with Crippen LogP contribution in [0.25, 0.3) is 11.4 Å². The van der Waals surface area contributed by atoms with E-state index < -0.39 is 0 Å². The number of thioether (sulfide) groups is 1. The standard InChI is InChI=1S/C17H17FN4OS/c1-11(12-3-7-14(18)8-4-12)24-17-21-20-16(22(17)19)13-5-9-15(23-2)10-6-13/h3-11H,19H2,1-2H3. The summed E-state index contributed by atoms with van der Waals surface area (Å²) in [6.45, 7) is 2.01. The molecule has 124 valence electrons. The summed E-state index contributed by atoms with van der Waals surface area (Å²) < 4.78 is 19.6. The summed E-state index contributed by atoms with van der Waals surface area (Å²) in [4.78, 5) is 0. The van der Waals surface area contributed by atoms with Gasteiger partial charge in [0.05, 0.1) is 7.11 Å². The van der Waals surface area contributed by atoms with Crippen LogP contribution in [0.4, 0.5) is 4.39 Å². The van der Waals surface area contributed by atoms with Crippen LogP contribution in [0, 0.1) is 5.82 Å². The molecule has 3 rings (SSSR count). The van der Waals surface area contributed by atoms with Crippen molar-refractivity contribution in [1.82, 2.24) is 14.9 Å². The normalized spacial score (nSPS) is 12.1. The van der Waals surface area contributed by atoms with Crippen LogP contribution in [-0.2, 0) is 0 Å². The van der Waals surface area contributed by atoms with Gasteiger partial charge in [0.1, 0.15) is 11.6 Å². The van der Waals surface area contributed by atoms with Gasteiger partial charge in [0.25, 0.3) is 0 Å². The lowest BCUT2D eigenvalue weighted by molar-refractivity contribution is 0.415. The number of nitrogens with two attached hydrogens (primary N) is 1. The molecule has 0 fully saturated rings. The van der Waals surface area contributed by atoms with Gasteiger partial charge in [-0.2, -0.15) is 0 Å². The Labute approximate surface area is 143 Å². The monoisotopic (exact) mass is 344 g/mol. The Balaban J connectivity index is 1.80. The molecule has 1 unspecified atom stereocenters. The van der Waals surface area contributed by atoms with E-state index in [9.17, 15) is 4.39 Å². The first-order valence-electron chi connectivity index (χ1n) is 7.35. The van der Waals surface area contributed by atoms with Gasteiger partial charge in [-0.3, -0.25) is 0 Å². The summed E-state index contributed by atoms with van der Waals surface area (Å²) in [5, 5.41) is 9.00. The third-order valence-electron chi connectivity index (χ3n) is 3.63. The zero-order valence-electron chi connectivity index (χ0n) is 13.3. The summed E-state index contributed by atoms with van der Waals surface area (Å²) in [5.41, 5.74) is 1.85. The Morgan fingerprint density at radius 3 is 2.38 bits per heavy atom. The van der Waals surface area contributed by atoms with Crippen LogP contribution in [0.5, 0.6) is 5.75 Å². The first-order chi connectivity index (χ1) is 11.6. The highest BCUT2D eigenvalue weighted by Gasteiger charge is 2.16. The Kier molecular flexibility index (Phi) is 4.71. The van der Waals surface area contributed by atoms with E-state index in [2.05, 4.69) is 10.2 Å². The quantitative estimate of drug-likeness (QED) is 0.565. The average molecular weight is 344 g/mol. The van der Waals surface area contributed by atoms with Crippen molar-refractivity contribution >= 4 is 11.8 Å². The molecule has 3 aromatic rings. The number of nitrogen functional groups attached to an aromatic ring is 1. The number of ether oxygens (including phenoxy) is 1. The molecule has 0 bridgehead atoms. The van der Waals surface area contributed by atoms with E-state index in [0.717, 1.165) is 16.9 Å². The van der Waals surface area contributed by atoms with Crippen LogP contribution in [0.2, 0.25) is 0 Å². The molecule has 0 saturated carbocycles. The fourth-order valence-corrected chi connectivity index (χ4v) is 3.15. The molecule has 7 heteroatoms. The third-order valence-corrected chi connectivity index (χ3v) is 4.75. The van der Waals surface area contributed by atoms with Crippen LogP contribution < -0.4 is 10.6 Å². The molecule has 0 amide bonds. The summed E-state index contributed by atoms with van der Waals surface area (Å²) in [6, 6.07) is 13.9. The Bertz CT molecular complexity index is 818. The lowest BCUT2D eigenvalue weighted by Crippen LogP contribution is -2.12. The highest BCUT2D eigenvalue weighted by Crippen LogP contribution is 2.34. The van der Waals surface area contributed by atoms with Crippen molar-refractivity contribution < 1.29 is 9.13 Å². The van der Waals surface area contributed by atoms with Gasteiger partial charge in [-0.1, -0.05) is 23.9 Å². The summed E-state index contributed by atoms with van der Waals surface area (Å²) in [6.07, 6.45) is 0. The Hall–Kier alpha value is -2.54. The van der Waals surface area contributed by atoms with Crippen LogP contribution >= 0.6 is 11.8 Å². The third kappa shape index (κ3) is 3.35. The van der Waals surface area contributed by atoms with Crippen LogP contribution in [0.1, 0.15) is 17.7 Å². The van der Waals surface area contributed by atoms with E-state index >= 15 is 0 Å². The molecule has 1 aromatic heterocycles. The van der Waals surface area contributed by atoms with Gasteiger partial charge in [-0.25, -0.2) is 9.07 Å². The fourth-order valence-electron chi connectivity index (χ4n) is 2.25. The first kappa shape index (κ1) is 16.3. The molecule has 0 spiro atoms. The molecule has 0 aliphatic heterocycles. The minimum absolute atomic E-state index is 0.0702. The number of hydrogen-bond donors (Lipinski definition) is 1. The second-order valence-electron chi connectivity index (χ2n) is 5.22. The molecule has 1 atom stereocenters. The molecular formula is C17H17FN4OS. The largest absolute Gasteiger partial charge is 0.497 e. The van der Waals surface area contributed by atoms with Crippen molar-refractivity contribution in [3.63, 3.8) is 0 Å². The van der Waals surface area contributed by atoms with Crippen LogP contribution in [0.3, 0.4) is 0 Å². The van der Waals surface area contributed by atoms with Crippen molar-refractivity contribution in [3.05, 3.63) is 59.9 Å². The maximum atomic E-state index is 13.0. The summed E-state index contributed by atoms with van der Waals surface area (Å²) in [5.74, 6) is 7.23. The highest BCUT2D eigenvalue weighted by atomic mass is 32.2. The van der Waals surface area contributed by atoms with E-state index in [-0.39, 0.29) is 11.1 Å². The Morgan fingerprint density at radius 2 is 1.75 bits per heavy atom. The summed E-state index contributed by atoms with van der Waals surface area (Å²) in [7, 11) is 1.62. The van der Waals surface area contributed by atoms with Crippen molar-refractivity contribution in [1.29, 1.82) is 0 Å². The fraction of sp³-hybridized carbons (Fsp3) is 0.176. The molecule has 24 heavy (non-hydrogen) atoms. The van der Waals surface area contributed by atoms with Gasteiger partial charge in [-0.05, 0) is 48.9 Å². The van der Waals surface area contributed by atoms with E-state index in [1.807, 2.05) is 31.2 Å². The predicted octanol–water partition coefficient (Wildman–Crippen LogP) is 3.66. The van der Waals surface area contributed by atoms with Gasteiger partial charge in [0, 0.05) is 10.8 Å². The maximum absolute atomic E-state index is 13.0. The Morgan fingerprint density at radius 1 is 1.08 bits per heavy atom. The van der Waals surface area contributed by atoms with Crippen molar-refractivity contribution in [2.24, 2.45) is 0 Å². The number of rotatable bonds is 5. The van der Waals surface area contributed by atoms with Gasteiger partial charge < -0.3 is 10.6 Å². The SMILES string of the molecule is COc1ccc(-c2nnc(SC(C)c3ccc(F)cc3)n2N)cc1. The number of nitrogens with zero attached hydrogens (tertiary/aromatic N) is 3. The second-order valence-corrected chi connectivity index (χ2v) is 6.52. The van der Waals surface area contributed by atoms with E-state index in [1.165, 1.54) is 28.6 Å². The van der Waals surface area contributed by atoms with Gasteiger partial charge in [0.2, 0.25) is 5.16 Å². The molecule has 0 radical (unpaired) electrons. The van der Waals surface area contributed by atoms with Crippen molar-refractivity contribution in [3.8, 4) is 17.1 Å². The average Bonchev–Trinajstić information content (AvgIpc) is 2.96. The topological polar surface area (TPSA) is 66.0 Å². The first-order valence-corrected chi connectivity index (χ1v) is 8.23. The number of hydrogen-bond acceptors (Lipinski definition) is 5. The number of benzene rings is 2. The van der Waals surface area contributed by atoms with E-state index in [0.29, 0.717) is 11.0 Å². The smallest absolute Gasteiger partial charge is 0.210 e. The van der Waals surface area contributed by atoms with Crippen LogP contribution in [0.15, 0.2) is 53.7 Å². The van der Waals surface area contributed by atoms with E-state index in [4.69, 9.17) is 10.6 Å². The minimum atomic E-state index is -0.250. The molecule has 0 saturated heterocycles. The zero-order valence-corrected chi connectivity index (χ0v) is 14.1. The number of methoxy groups -OCH3 is 1. The van der Waals surface area contributed by atoms with Gasteiger partial charge >= 0.3 is 0 Å². The molecule has 0 aliphatic carbocycles. The molecule has 2 N–H and O–H groups in total. The molecule has 0 aliphatic rings. The van der Waals surface area contributed by atoms with E-state index in [1.54, 1.807) is 19.2 Å². The lowest BCUT2D eigenvalue weighted by Gasteiger charge is -2.11. The van der Waals surface area contributed by atoms with Gasteiger partial charge in [-0.15, -0.1) is 10.2 Å². The molecular weight excluding hydrogens is 327 g/mol. The second kappa shape index (κ2) is 6.92. The van der Waals surface area contributed by atoms with Crippen LogP contribution in [-0.4, -0.2) is 22.0 Å². The molecule has 2 aromatic carbocycles. The number of aromatic nitrogens is 3. The van der Waals surface area contributed by atoms with Crippen molar-refractivity contribution in [2.75, 3.05) is 13.0 Å². The highest BCUT2D eigenvalue weighted by molar-refractivity contribution is 7.99. The summed E-state index contributed by atoms with van der Waals surface area (Å²) >= 11 is 1.47.